The molecule has 108 valence electrons. The quantitative estimate of drug-likeness (QED) is 0.894. The Morgan fingerprint density at radius 2 is 2.15 bits per heavy atom. The lowest BCUT2D eigenvalue weighted by molar-refractivity contribution is -0.142. The van der Waals surface area contributed by atoms with Gasteiger partial charge >= 0.3 is 0 Å². The maximum absolute atomic E-state index is 12.4. The van der Waals surface area contributed by atoms with Gasteiger partial charge in [0.1, 0.15) is 0 Å². The first-order valence-electron chi connectivity index (χ1n) is 7.56. The largest absolute Gasteiger partial charge is 0.389 e. The van der Waals surface area contributed by atoms with Gasteiger partial charge < -0.3 is 10.0 Å². The van der Waals surface area contributed by atoms with E-state index in [-0.39, 0.29) is 11.8 Å². The number of hydrogen-bond donors (Lipinski definition) is 1. The van der Waals surface area contributed by atoms with Crippen molar-refractivity contribution in [2.45, 2.75) is 44.1 Å². The number of aliphatic hydroxyl groups is 1. The van der Waals surface area contributed by atoms with E-state index in [1.807, 2.05) is 17.0 Å². The summed E-state index contributed by atoms with van der Waals surface area (Å²) in [7, 11) is 0. The highest BCUT2D eigenvalue weighted by Crippen LogP contribution is 2.39. The number of piperidine rings is 1. The molecule has 0 bridgehead atoms. The van der Waals surface area contributed by atoms with Crippen molar-refractivity contribution in [1.82, 2.24) is 9.88 Å². The second kappa shape index (κ2) is 5.52. The summed E-state index contributed by atoms with van der Waals surface area (Å²) < 4.78 is 0. The summed E-state index contributed by atoms with van der Waals surface area (Å²) >= 11 is 0. The minimum absolute atomic E-state index is 0.170. The van der Waals surface area contributed by atoms with Gasteiger partial charge in [0.25, 0.3) is 0 Å². The average molecular weight is 274 g/mol. The van der Waals surface area contributed by atoms with Crippen molar-refractivity contribution in [2.75, 3.05) is 13.1 Å². The number of likely N-dealkylation sites (tertiary alicyclic amines) is 1. The molecule has 1 amide bonds. The van der Waals surface area contributed by atoms with Crippen LogP contribution in [0.15, 0.2) is 24.5 Å². The Morgan fingerprint density at radius 3 is 2.95 bits per heavy atom. The monoisotopic (exact) mass is 274 g/mol. The smallest absolute Gasteiger partial charge is 0.227 e. The summed E-state index contributed by atoms with van der Waals surface area (Å²) in [6.45, 7) is 1.41. The SMILES string of the molecule is O=C(Cc1ccncc1)N1CCC2(O)CCCCC2C1. The zero-order valence-electron chi connectivity index (χ0n) is 11.8. The highest BCUT2D eigenvalue weighted by atomic mass is 16.3. The summed E-state index contributed by atoms with van der Waals surface area (Å²) in [5, 5.41) is 10.6. The standard InChI is InChI=1S/C16H22N2O2/c19-15(11-13-4-8-17-9-5-13)18-10-7-16(20)6-2-1-3-14(16)12-18/h4-5,8-9,14,20H,1-3,6-7,10-12H2. The number of pyridine rings is 1. The zero-order chi connectivity index (χ0) is 14.0. The number of aromatic nitrogens is 1. The van der Waals surface area contributed by atoms with E-state index < -0.39 is 5.60 Å². The van der Waals surface area contributed by atoms with Gasteiger partial charge in [-0.05, 0) is 37.0 Å². The maximum atomic E-state index is 12.4. The topological polar surface area (TPSA) is 53.4 Å². The number of carbonyl (C=O) groups is 1. The number of amides is 1. The van der Waals surface area contributed by atoms with Crippen molar-refractivity contribution in [1.29, 1.82) is 0 Å². The molecule has 4 heteroatoms. The molecule has 20 heavy (non-hydrogen) atoms. The van der Waals surface area contributed by atoms with E-state index in [1.165, 1.54) is 6.42 Å². The molecule has 2 aliphatic rings. The first kappa shape index (κ1) is 13.6. The van der Waals surface area contributed by atoms with Gasteiger partial charge in [0, 0.05) is 31.4 Å². The number of hydrogen-bond acceptors (Lipinski definition) is 3. The zero-order valence-corrected chi connectivity index (χ0v) is 11.8. The molecule has 2 atom stereocenters. The van der Waals surface area contributed by atoms with E-state index in [0.717, 1.165) is 37.8 Å². The third kappa shape index (κ3) is 2.70. The van der Waals surface area contributed by atoms with E-state index >= 15 is 0 Å². The summed E-state index contributed by atoms with van der Waals surface area (Å²) in [6.07, 6.45) is 8.88. The molecule has 2 heterocycles. The Kier molecular flexibility index (Phi) is 3.74. The van der Waals surface area contributed by atoms with Gasteiger partial charge in [-0.3, -0.25) is 9.78 Å². The molecule has 1 saturated heterocycles. The highest BCUT2D eigenvalue weighted by Gasteiger charge is 2.43. The van der Waals surface area contributed by atoms with Crippen LogP contribution in [0, 0.1) is 5.92 Å². The van der Waals surface area contributed by atoms with Crippen molar-refractivity contribution in [2.24, 2.45) is 5.92 Å². The third-order valence-electron chi connectivity index (χ3n) is 4.89. The fourth-order valence-electron chi connectivity index (χ4n) is 3.58. The summed E-state index contributed by atoms with van der Waals surface area (Å²) in [6, 6.07) is 3.78. The van der Waals surface area contributed by atoms with Gasteiger partial charge in [0.15, 0.2) is 0 Å². The molecule has 1 aliphatic carbocycles. The number of carbonyl (C=O) groups excluding carboxylic acids is 1. The minimum Gasteiger partial charge on any atom is -0.389 e. The van der Waals surface area contributed by atoms with Crippen molar-refractivity contribution < 1.29 is 9.90 Å². The van der Waals surface area contributed by atoms with Gasteiger partial charge in [-0.1, -0.05) is 12.8 Å². The predicted octanol–water partition coefficient (Wildman–Crippen LogP) is 1.78. The predicted molar refractivity (Wildman–Crippen MR) is 76.0 cm³/mol. The fourth-order valence-corrected chi connectivity index (χ4v) is 3.58. The Labute approximate surface area is 119 Å². The number of nitrogens with zero attached hydrogens (tertiary/aromatic N) is 2. The fraction of sp³-hybridized carbons (Fsp3) is 0.625. The number of fused-ring (bicyclic) bond motifs is 1. The highest BCUT2D eigenvalue weighted by molar-refractivity contribution is 5.78. The Hall–Kier alpha value is -1.42. The van der Waals surface area contributed by atoms with Crippen LogP contribution in [0.4, 0.5) is 0 Å². The molecule has 0 spiro atoms. The number of rotatable bonds is 2. The molecule has 1 aromatic rings. The van der Waals surface area contributed by atoms with Gasteiger partial charge in [-0.15, -0.1) is 0 Å². The van der Waals surface area contributed by atoms with Crippen LogP contribution >= 0.6 is 0 Å². The second-order valence-corrected chi connectivity index (χ2v) is 6.17. The molecular formula is C16H22N2O2. The lowest BCUT2D eigenvalue weighted by atomic mass is 9.71. The molecule has 1 aromatic heterocycles. The summed E-state index contributed by atoms with van der Waals surface area (Å²) in [5.74, 6) is 0.440. The van der Waals surface area contributed by atoms with E-state index in [1.54, 1.807) is 12.4 Å². The molecule has 1 N–H and O–H groups in total. The molecule has 1 aliphatic heterocycles. The Bertz CT molecular complexity index is 477. The van der Waals surface area contributed by atoms with Crippen LogP contribution in [0.5, 0.6) is 0 Å². The normalized spacial score (nSPS) is 29.9. The molecule has 1 saturated carbocycles. The Balaban J connectivity index is 1.63. The first-order chi connectivity index (χ1) is 9.67. The van der Waals surface area contributed by atoms with Gasteiger partial charge in [-0.2, -0.15) is 0 Å². The maximum Gasteiger partial charge on any atom is 0.227 e. The lowest BCUT2D eigenvalue weighted by Crippen LogP contribution is -2.54. The van der Waals surface area contributed by atoms with Crippen LogP contribution < -0.4 is 0 Å². The van der Waals surface area contributed by atoms with Crippen molar-refractivity contribution in [3.63, 3.8) is 0 Å². The van der Waals surface area contributed by atoms with E-state index in [2.05, 4.69) is 4.98 Å². The third-order valence-corrected chi connectivity index (χ3v) is 4.89. The molecule has 3 rings (SSSR count). The van der Waals surface area contributed by atoms with E-state index in [0.29, 0.717) is 13.0 Å². The van der Waals surface area contributed by atoms with Crippen molar-refractivity contribution >= 4 is 5.91 Å². The van der Waals surface area contributed by atoms with Crippen LogP contribution in [-0.4, -0.2) is 39.6 Å². The lowest BCUT2D eigenvalue weighted by Gasteiger charge is -2.47. The van der Waals surface area contributed by atoms with Crippen LogP contribution in [-0.2, 0) is 11.2 Å². The van der Waals surface area contributed by atoms with Crippen LogP contribution in [0.3, 0.4) is 0 Å². The van der Waals surface area contributed by atoms with Gasteiger partial charge in [-0.25, -0.2) is 0 Å². The molecule has 2 fully saturated rings. The molecule has 0 radical (unpaired) electrons. The van der Waals surface area contributed by atoms with Crippen LogP contribution in [0.25, 0.3) is 0 Å². The van der Waals surface area contributed by atoms with E-state index in [4.69, 9.17) is 0 Å². The van der Waals surface area contributed by atoms with Crippen molar-refractivity contribution in [3.05, 3.63) is 30.1 Å². The average Bonchev–Trinajstić information content (AvgIpc) is 2.47. The van der Waals surface area contributed by atoms with E-state index in [9.17, 15) is 9.90 Å². The minimum atomic E-state index is -0.508. The first-order valence-corrected chi connectivity index (χ1v) is 7.56. The van der Waals surface area contributed by atoms with Gasteiger partial charge in [0.05, 0.1) is 12.0 Å². The second-order valence-electron chi connectivity index (χ2n) is 6.17. The molecular weight excluding hydrogens is 252 g/mol. The summed E-state index contributed by atoms with van der Waals surface area (Å²) in [5.41, 5.74) is 0.501. The summed E-state index contributed by atoms with van der Waals surface area (Å²) in [4.78, 5) is 18.3. The molecule has 4 nitrogen and oxygen atoms in total. The van der Waals surface area contributed by atoms with Crippen LogP contribution in [0.2, 0.25) is 0 Å². The van der Waals surface area contributed by atoms with Crippen LogP contribution in [0.1, 0.15) is 37.7 Å². The Morgan fingerprint density at radius 1 is 1.35 bits per heavy atom. The molecule has 0 aromatic carbocycles. The van der Waals surface area contributed by atoms with Gasteiger partial charge in [0.2, 0.25) is 5.91 Å². The molecule has 2 unspecified atom stereocenters. The van der Waals surface area contributed by atoms with Crippen molar-refractivity contribution in [3.8, 4) is 0 Å².